The molecule has 1 aromatic heterocycles. The molecule has 1 aliphatic heterocycles. The molecule has 1 atom stereocenters. The number of pyridine rings is 1. The van der Waals surface area contributed by atoms with Crippen molar-refractivity contribution in [1.29, 1.82) is 0 Å². The molecule has 0 fully saturated rings. The first kappa shape index (κ1) is 17.2. The smallest absolute Gasteiger partial charge is 0.269 e. The Kier molecular flexibility index (Phi) is 4.60. The molecule has 2 heterocycles. The van der Waals surface area contributed by atoms with Gasteiger partial charge in [0.15, 0.2) is 11.9 Å². The van der Waals surface area contributed by atoms with Crippen LogP contribution in [0.3, 0.4) is 0 Å². The summed E-state index contributed by atoms with van der Waals surface area (Å²) in [5.74, 6) is -0.00289. The number of carbonyl (C=O) groups is 1. The van der Waals surface area contributed by atoms with E-state index in [4.69, 9.17) is 10.7 Å². The number of anilines is 1. The van der Waals surface area contributed by atoms with Crippen LogP contribution in [-0.4, -0.2) is 31.1 Å². The lowest BCUT2D eigenvalue weighted by atomic mass is 10.2. The van der Waals surface area contributed by atoms with Crippen LogP contribution in [-0.2, 0) is 13.8 Å². The Balaban J connectivity index is 1.81. The SMILES string of the molecule is CC1=NN(c2ccc(S(=O)(=O)Cl)cc2)C(=O)C1/N=N/c1ccccn1. The van der Waals surface area contributed by atoms with Gasteiger partial charge in [-0.25, -0.2) is 13.4 Å². The predicted molar refractivity (Wildman–Crippen MR) is 92.6 cm³/mol. The van der Waals surface area contributed by atoms with Crippen molar-refractivity contribution in [2.24, 2.45) is 15.3 Å². The fraction of sp³-hybridized carbons (Fsp3) is 0.133. The Morgan fingerprint density at radius 3 is 2.48 bits per heavy atom. The van der Waals surface area contributed by atoms with Gasteiger partial charge in [0.05, 0.1) is 16.3 Å². The highest BCUT2D eigenvalue weighted by atomic mass is 35.7. The van der Waals surface area contributed by atoms with Gasteiger partial charge in [-0.15, -0.1) is 5.11 Å². The molecule has 0 spiro atoms. The van der Waals surface area contributed by atoms with Gasteiger partial charge < -0.3 is 0 Å². The van der Waals surface area contributed by atoms with Crippen LogP contribution in [0.25, 0.3) is 0 Å². The van der Waals surface area contributed by atoms with Crippen LogP contribution in [0, 0.1) is 0 Å². The fourth-order valence-electron chi connectivity index (χ4n) is 2.15. The normalized spacial score (nSPS) is 18.0. The monoisotopic (exact) mass is 377 g/mol. The number of hydrazone groups is 1. The van der Waals surface area contributed by atoms with Crippen molar-refractivity contribution in [3.8, 4) is 0 Å². The van der Waals surface area contributed by atoms with Crippen LogP contribution in [0.2, 0.25) is 0 Å². The molecule has 8 nitrogen and oxygen atoms in total. The summed E-state index contributed by atoms with van der Waals surface area (Å²) in [6.45, 7) is 1.66. The van der Waals surface area contributed by atoms with Crippen molar-refractivity contribution in [3.05, 3.63) is 48.7 Å². The third kappa shape index (κ3) is 3.72. The summed E-state index contributed by atoms with van der Waals surface area (Å²) >= 11 is 0. The molecule has 128 valence electrons. The Bertz CT molecular complexity index is 958. The molecule has 0 saturated carbocycles. The standard InChI is InChI=1S/C15H12ClN5O3S/c1-10-14(19-18-13-4-2-3-9-17-13)15(22)21(20-10)11-5-7-12(8-6-11)25(16,23)24/h2-9,14H,1H3/b19-18+. The van der Waals surface area contributed by atoms with Gasteiger partial charge >= 0.3 is 0 Å². The summed E-state index contributed by atoms with van der Waals surface area (Å²) < 4.78 is 22.6. The largest absolute Gasteiger partial charge is 0.280 e. The van der Waals surface area contributed by atoms with E-state index in [0.29, 0.717) is 17.2 Å². The lowest BCUT2D eigenvalue weighted by Crippen LogP contribution is -2.29. The van der Waals surface area contributed by atoms with E-state index in [2.05, 4.69) is 20.3 Å². The van der Waals surface area contributed by atoms with Crippen LogP contribution in [0.1, 0.15) is 6.92 Å². The topological polar surface area (TPSA) is 104 Å². The maximum atomic E-state index is 12.5. The van der Waals surface area contributed by atoms with Gasteiger partial charge in [-0.1, -0.05) is 6.07 Å². The molecular formula is C15H12ClN5O3S. The quantitative estimate of drug-likeness (QED) is 0.603. The van der Waals surface area contributed by atoms with E-state index in [1.165, 1.54) is 24.3 Å². The van der Waals surface area contributed by atoms with Crippen molar-refractivity contribution in [1.82, 2.24) is 4.98 Å². The zero-order chi connectivity index (χ0) is 18.0. The number of amides is 1. The molecule has 0 radical (unpaired) electrons. The van der Waals surface area contributed by atoms with Gasteiger partial charge in [0.25, 0.3) is 15.0 Å². The van der Waals surface area contributed by atoms with E-state index in [1.807, 2.05) is 0 Å². The zero-order valence-corrected chi connectivity index (χ0v) is 14.5. The highest BCUT2D eigenvalue weighted by Crippen LogP contribution is 2.25. The minimum absolute atomic E-state index is 0.0587. The predicted octanol–water partition coefficient (Wildman–Crippen LogP) is 2.88. The molecule has 25 heavy (non-hydrogen) atoms. The van der Waals surface area contributed by atoms with Crippen molar-refractivity contribution in [2.75, 3.05) is 5.01 Å². The van der Waals surface area contributed by atoms with Crippen LogP contribution in [0.5, 0.6) is 0 Å². The summed E-state index contributed by atoms with van der Waals surface area (Å²) in [7, 11) is 1.45. The third-order valence-electron chi connectivity index (χ3n) is 3.38. The van der Waals surface area contributed by atoms with E-state index < -0.39 is 21.0 Å². The molecule has 0 N–H and O–H groups in total. The maximum absolute atomic E-state index is 12.5. The Morgan fingerprint density at radius 2 is 1.88 bits per heavy atom. The molecule has 0 bridgehead atoms. The van der Waals surface area contributed by atoms with E-state index in [0.717, 1.165) is 5.01 Å². The van der Waals surface area contributed by atoms with Gasteiger partial charge in [-0.2, -0.15) is 15.2 Å². The number of azo groups is 1. The van der Waals surface area contributed by atoms with Crippen molar-refractivity contribution in [2.45, 2.75) is 17.9 Å². The average molecular weight is 378 g/mol. The summed E-state index contributed by atoms with van der Waals surface area (Å²) in [5, 5.41) is 13.3. The molecule has 1 aromatic carbocycles. The molecule has 10 heteroatoms. The average Bonchev–Trinajstić information content (AvgIpc) is 2.87. The number of halogens is 1. The number of carbonyl (C=O) groups excluding carboxylic acids is 1. The minimum atomic E-state index is -3.82. The molecule has 3 rings (SSSR count). The molecule has 1 amide bonds. The zero-order valence-electron chi connectivity index (χ0n) is 12.9. The molecular weight excluding hydrogens is 366 g/mol. The maximum Gasteiger partial charge on any atom is 0.280 e. The number of nitrogens with zero attached hydrogens (tertiary/aromatic N) is 5. The second-order valence-corrected chi connectivity index (χ2v) is 7.70. The highest BCUT2D eigenvalue weighted by molar-refractivity contribution is 8.13. The number of aromatic nitrogens is 1. The lowest BCUT2D eigenvalue weighted by Gasteiger charge is -2.12. The Hall–Kier alpha value is -2.65. The molecule has 0 aliphatic carbocycles. The van der Waals surface area contributed by atoms with Crippen LogP contribution in [0.4, 0.5) is 11.5 Å². The Morgan fingerprint density at radius 1 is 1.16 bits per heavy atom. The number of benzene rings is 1. The van der Waals surface area contributed by atoms with Gasteiger partial charge in [-0.05, 0) is 43.3 Å². The van der Waals surface area contributed by atoms with E-state index >= 15 is 0 Å². The van der Waals surface area contributed by atoms with Crippen LogP contribution >= 0.6 is 10.7 Å². The van der Waals surface area contributed by atoms with Gasteiger partial charge in [-0.3, -0.25) is 4.79 Å². The number of hydrogen-bond donors (Lipinski definition) is 0. The second kappa shape index (κ2) is 6.69. The first-order valence-corrected chi connectivity index (χ1v) is 9.43. The van der Waals surface area contributed by atoms with E-state index in [-0.39, 0.29) is 4.90 Å². The Labute approximate surface area is 148 Å². The summed E-state index contributed by atoms with van der Waals surface area (Å²) in [4.78, 5) is 16.5. The first-order valence-electron chi connectivity index (χ1n) is 7.12. The third-order valence-corrected chi connectivity index (χ3v) is 4.75. The van der Waals surface area contributed by atoms with Crippen LogP contribution < -0.4 is 5.01 Å². The fourth-order valence-corrected chi connectivity index (χ4v) is 2.92. The summed E-state index contributed by atoms with van der Waals surface area (Å²) in [5.41, 5.74) is 0.877. The molecule has 1 unspecified atom stereocenters. The number of rotatable bonds is 4. The summed E-state index contributed by atoms with van der Waals surface area (Å²) in [6, 6.07) is 9.83. The lowest BCUT2D eigenvalue weighted by molar-refractivity contribution is -0.117. The van der Waals surface area contributed by atoms with Gasteiger partial charge in [0.1, 0.15) is 0 Å². The second-order valence-electron chi connectivity index (χ2n) is 5.13. The van der Waals surface area contributed by atoms with E-state index in [9.17, 15) is 13.2 Å². The number of hydrogen-bond acceptors (Lipinski definition) is 7. The van der Waals surface area contributed by atoms with E-state index in [1.54, 1.807) is 31.3 Å². The molecule has 1 aliphatic rings. The minimum Gasteiger partial charge on any atom is -0.269 e. The van der Waals surface area contributed by atoms with Crippen molar-refractivity contribution in [3.63, 3.8) is 0 Å². The van der Waals surface area contributed by atoms with Crippen molar-refractivity contribution >= 4 is 42.9 Å². The van der Waals surface area contributed by atoms with Crippen LogP contribution in [0.15, 0.2) is 68.9 Å². The highest BCUT2D eigenvalue weighted by Gasteiger charge is 2.34. The first-order chi connectivity index (χ1) is 11.9. The van der Waals surface area contributed by atoms with Gasteiger partial charge in [0, 0.05) is 16.9 Å². The van der Waals surface area contributed by atoms with Crippen molar-refractivity contribution < 1.29 is 13.2 Å². The summed E-state index contributed by atoms with van der Waals surface area (Å²) in [6.07, 6.45) is 1.57. The van der Waals surface area contributed by atoms with Gasteiger partial charge in [0.2, 0.25) is 0 Å². The molecule has 0 saturated heterocycles. The molecule has 2 aromatic rings.